The highest BCUT2D eigenvalue weighted by Crippen LogP contribution is 2.36. The Kier molecular flexibility index (Phi) is 7.98. The van der Waals surface area contributed by atoms with Gasteiger partial charge in [0, 0.05) is 16.3 Å². The number of urea groups is 1. The number of esters is 1. The minimum atomic E-state index is -0.685. The second kappa shape index (κ2) is 10.2. The Morgan fingerprint density at radius 1 is 1.22 bits per heavy atom. The molecule has 1 atom stereocenters. The van der Waals surface area contributed by atoms with Crippen LogP contribution in [0.4, 0.5) is 4.79 Å². The van der Waals surface area contributed by atoms with Crippen LogP contribution in [0.3, 0.4) is 0 Å². The van der Waals surface area contributed by atoms with E-state index in [1.54, 1.807) is 25.1 Å². The molecule has 2 amide bonds. The summed E-state index contributed by atoms with van der Waals surface area (Å²) in [5.41, 5.74) is 1.63. The Bertz CT molecular complexity index is 718. The highest BCUT2D eigenvalue weighted by Gasteiger charge is 2.35. The maximum atomic E-state index is 12.7. The number of carbonyl (C=O) groups excluding carboxylic acids is 2. The highest BCUT2D eigenvalue weighted by molar-refractivity contribution is 6.30. The Labute approximate surface area is 165 Å². The predicted octanol–water partition coefficient (Wildman–Crippen LogP) is 4.49. The van der Waals surface area contributed by atoms with E-state index >= 15 is 0 Å². The molecule has 0 saturated carbocycles. The number of nitrogens with one attached hydrogen (secondary N) is 2. The minimum Gasteiger partial charge on any atom is -0.493 e. The molecule has 0 aromatic heterocycles. The van der Waals surface area contributed by atoms with Crippen molar-refractivity contribution in [3.63, 3.8) is 0 Å². The predicted molar refractivity (Wildman–Crippen MR) is 105 cm³/mol. The first-order valence-electron chi connectivity index (χ1n) is 9.41. The second-order valence-corrected chi connectivity index (χ2v) is 6.71. The van der Waals surface area contributed by atoms with Gasteiger partial charge in [-0.2, -0.15) is 0 Å². The molecule has 1 aliphatic heterocycles. The lowest BCUT2D eigenvalue weighted by atomic mass is 9.93. The molecule has 27 heavy (non-hydrogen) atoms. The molecule has 1 heterocycles. The van der Waals surface area contributed by atoms with E-state index in [1.165, 1.54) is 0 Å². The summed E-state index contributed by atoms with van der Waals surface area (Å²) in [6.07, 6.45) is 3.21. The van der Waals surface area contributed by atoms with E-state index in [-0.39, 0.29) is 12.6 Å². The van der Waals surface area contributed by atoms with Crippen molar-refractivity contribution < 1.29 is 19.1 Å². The quantitative estimate of drug-likeness (QED) is 0.605. The van der Waals surface area contributed by atoms with Gasteiger partial charge in [-0.1, -0.05) is 31.9 Å². The average molecular weight is 395 g/mol. The number of amides is 2. The van der Waals surface area contributed by atoms with E-state index in [9.17, 15) is 9.59 Å². The maximum Gasteiger partial charge on any atom is 0.338 e. The van der Waals surface area contributed by atoms with Gasteiger partial charge in [0.1, 0.15) is 5.75 Å². The number of hydrogen-bond acceptors (Lipinski definition) is 4. The van der Waals surface area contributed by atoms with E-state index in [0.717, 1.165) is 19.3 Å². The fourth-order valence-corrected chi connectivity index (χ4v) is 3.12. The van der Waals surface area contributed by atoms with Gasteiger partial charge in [-0.15, -0.1) is 0 Å². The van der Waals surface area contributed by atoms with E-state index in [0.29, 0.717) is 40.6 Å². The van der Waals surface area contributed by atoms with Crippen molar-refractivity contribution in [1.29, 1.82) is 0 Å². The van der Waals surface area contributed by atoms with E-state index < -0.39 is 12.0 Å². The fourth-order valence-electron chi connectivity index (χ4n) is 2.94. The summed E-state index contributed by atoms with van der Waals surface area (Å²) in [5, 5.41) is 6.10. The molecule has 2 N–H and O–H groups in total. The summed E-state index contributed by atoms with van der Waals surface area (Å²) >= 11 is 6.20. The lowest BCUT2D eigenvalue weighted by Crippen LogP contribution is -2.46. The molecule has 0 radical (unpaired) electrons. The number of rotatable bonds is 9. The monoisotopic (exact) mass is 394 g/mol. The minimum absolute atomic E-state index is 0.249. The molecular weight excluding hydrogens is 368 g/mol. The van der Waals surface area contributed by atoms with E-state index in [2.05, 4.69) is 17.6 Å². The summed E-state index contributed by atoms with van der Waals surface area (Å²) in [4.78, 5) is 25.0. The molecule has 0 aliphatic carbocycles. The van der Waals surface area contributed by atoms with Crippen LogP contribution in [-0.2, 0) is 9.53 Å². The smallest absolute Gasteiger partial charge is 0.338 e. The molecule has 0 bridgehead atoms. The van der Waals surface area contributed by atoms with Crippen molar-refractivity contribution in [1.82, 2.24) is 10.6 Å². The fraction of sp³-hybridized carbons (Fsp3) is 0.500. The molecule has 0 spiro atoms. The van der Waals surface area contributed by atoms with Crippen molar-refractivity contribution in [3.8, 4) is 5.75 Å². The summed E-state index contributed by atoms with van der Waals surface area (Å²) in [6.45, 7) is 6.59. The SMILES string of the molecule is CCCCC1=C(C(=O)OCC)C(c2cc(Cl)ccc2OCCC)NC(=O)N1. The van der Waals surface area contributed by atoms with Gasteiger partial charge in [0.2, 0.25) is 0 Å². The summed E-state index contributed by atoms with van der Waals surface area (Å²) in [7, 11) is 0. The third-order valence-electron chi connectivity index (χ3n) is 4.17. The highest BCUT2D eigenvalue weighted by atomic mass is 35.5. The number of allylic oxidation sites excluding steroid dienone is 1. The second-order valence-electron chi connectivity index (χ2n) is 6.28. The van der Waals surface area contributed by atoms with Crippen LogP contribution < -0.4 is 15.4 Å². The van der Waals surface area contributed by atoms with Crippen LogP contribution in [0.15, 0.2) is 29.5 Å². The van der Waals surface area contributed by atoms with Gasteiger partial charge in [0.15, 0.2) is 0 Å². The molecule has 1 aliphatic rings. The van der Waals surface area contributed by atoms with Gasteiger partial charge in [-0.3, -0.25) is 0 Å². The Morgan fingerprint density at radius 2 is 2.00 bits per heavy atom. The van der Waals surface area contributed by atoms with Crippen molar-refractivity contribution in [2.45, 2.75) is 52.5 Å². The largest absolute Gasteiger partial charge is 0.493 e. The third-order valence-corrected chi connectivity index (χ3v) is 4.41. The Hall–Kier alpha value is -2.21. The molecule has 6 nitrogen and oxygen atoms in total. The van der Waals surface area contributed by atoms with Gasteiger partial charge in [-0.05, 0) is 44.4 Å². The van der Waals surface area contributed by atoms with Crippen molar-refractivity contribution >= 4 is 23.6 Å². The van der Waals surface area contributed by atoms with Crippen LogP contribution in [0.25, 0.3) is 0 Å². The lowest BCUT2D eigenvalue weighted by molar-refractivity contribution is -0.139. The molecule has 1 aromatic carbocycles. The van der Waals surface area contributed by atoms with Gasteiger partial charge < -0.3 is 20.1 Å². The molecule has 0 fully saturated rings. The van der Waals surface area contributed by atoms with Crippen molar-refractivity contribution in [3.05, 3.63) is 40.1 Å². The van der Waals surface area contributed by atoms with Crippen LogP contribution >= 0.6 is 11.6 Å². The number of halogens is 1. The number of unbranched alkanes of at least 4 members (excludes halogenated alkanes) is 1. The van der Waals surface area contributed by atoms with Crippen molar-refractivity contribution in [2.75, 3.05) is 13.2 Å². The Morgan fingerprint density at radius 3 is 2.67 bits per heavy atom. The third kappa shape index (κ3) is 5.39. The maximum absolute atomic E-state index is 12.7. The van der Waals surface area contributed by atoms with Gasteiger partial charge >= 0.3 is 12.0 Å². The topological polar surface area (TPSA) is 76.7 Å². The first-order valence-corrected chi connectivity index (χ1v) is 9.79. The summed E-state index contributed by atoms with van der Waals surface area (Å²) in [5.74, 6) is 0.132. The van der Waals surface area contributed by atoms with Crippen molar-refractivity contribution in [2.24, 2.45) is 0 Å². The molecular formula is C20H27ClN2O4. The zero-order valence-electron chi connectivity index (χ0n) is 16.1. The molecule has 1 aromatic rings. The van der Waals surface area contributed by atoms with Crippen LogP contribution in [0.2, 0.25) is 5.02 Å². The van der Waals surface area contributed by atoms with Gasteiger partial charge in [-0.25, -0.2) is 9.59 Å². The number of ether oxygens (including phenoxy) is 2. The number of hydrogen-bond donors (Lipinski definition) is 2. The van der Waals surface area contributed by atoms with Gasteiger partial charge in [0.05, 0.1) is 24.8 Å². The summed E-state index contributed by atoms with van der Waals surface area (Å²) < 4.78 is 11.1. The zero-order chi connectivity index (χ0) is 19.8. The van der Waals surface area contributed by atoms with Crippen LogP contribution in [0.1, 0.15) is 58.1 Å². The number of carbonyl (C=O) groups is 2. The van der Waals surface area contributed by atoms with E-state index in [4.69, 9.17) is 21.1 Å². The first-order chi connectivity index (χ1) is 13.0. The summed E-state index contributed by atoms with van der Waals surface area (Å²) in [6, 6.07) is 4.16. The standard InChI is InChI=1S/C20H27ClN2O4/c1-4-7-8-15-17(19(24)26-6-3)18(23-20(25)22-15)14-12-13(21)9-10-16(14)27-11-5-2/h9-10,12,18H,4-8,11H2,1-3H3,(H2,22,23,25). The normalized spacial score (nSPS) is 16.6. The van der Waals surface area contributed by atoms with E-state index in [1.807, 2.05) is 6.92 Å². The lowest BCUT2D eigenvalue weighted by Gasteiger charge is -2.30. The number of benzene rings is 1. The van der Waals surface area contributed by atoms with Crippen LogP contribution in [0.5, 0.6) is 5.75 Å². The Balaban J connectivity index is 2.55. The average Bonchev–Trinajstić information content (AvgIpc) is 2.64. The molecule has 1 unspecified atom stereocenters. The molecule has 2 rings (SSSR count). The van der Waals surface area contributed by atoms with Crippen LogP contribution in [0, 0.1) is 0 Å². The van der Waals surface area contributed by atoms with Crippen LogP contribution in [-0.4, -0.2) is 25.2 Å². The molecule has 7 heteroatoms. The zero-order valence-corrected chi connectivity index (χ0v) is 16.8. The first kappa shape index (κ1) is 21.1. The molecule has 148 valence electrons. The van der Waals surface area contributed by atoms with Gasteiger partial charge in [0.25, 0.3) is 0 Å². The molecule has 0 saturated heterocycles.